The molecule has 1 heterocycles. The first-order valence-corrected chi connectivity index (χ1v) is 11.3. The molecule has 0 unspecified atom stereocenters. The number of aliphatic carboxylic acids is 1. The number of ether oxygens (including phenoxy) is 1. The maximum absolute atomic E-state index is 12.4. The van der Waals surface area contributed by atoms with Gasteiger partial charge in [-0.1, -0.05) is 48.5 Å². The number of rotatable bonds is 8. The van der Waals surface area contributed by atoms with Crippen LogP contribution in [-0.2, 0) is 20.7 Å². The molecule has 0 bridgehead atoms. The molecule has 0 atom stereocenters. The number of benzene rings is 2. The average molecular weight is 474 g/mol. The minimum absolute atomic E-state index is 0.00568. The van der Waals surface area contributed by atoms with Crippen LogP contribution in [0.2, 0.25) is 0 Å². The van der Waals surface area contributed by atoms with Gasteiger partial charge in [0.15, 0.2) is 0 Å². The van der Waals surface area contributed by atoms with Crippen LogP contribution in [0.1, 0.15) is 43.0 Å². The molecular formula is C27H27N3O5. The number of amides is 2. The van der Waals surface area contributed by atoms with Crippen LogP contribution in [0.15, 0.2) is 66.9 Å². The van der Waals surface area contributed by atoms with E-state index in [2.05, 4.69) is 39.9 Å². The van der Waals surface area contributed by atoms with Gasteiger partial charge in [-0.3, -0.25) is 19.9 Å². The Morgan fingerprint density at radius 2 is 1.60 bits per heavy atom. The van der Waals surface area contributed by atoms with Crippen molar-refractivity contribution in [1.82, 2.24) is 10.3 Å². The second-order valence-corrected chi connectivity index (χ2v) is 9.17. The minimum atomic E-state index is -0.989. The standard InChI is InChI=1S/C27H27N3O5/c1-27(2,14-25(32)33)30-24(31)13-17-11-12-18(15-28-17)29-26(34)35-16-23-21-9-5-3-7-19(21)20-8-4-6-10-22(20)23/h3-12,15,23H,13-14,16H2,1-2H3,(H,29,34)(H,30,31)(H,32,33). The van der Waals surface area contributed by atoms with Gasteiger partial charge < -0.3 is 15.2 Å². The normalized spacial score (nSPS) is 12.4. The summed E-state index contributed by atoms with van der Waals surface area (Å²) in [7, 11) is 0. The zero-order valence-electron chi connectivity index (χ0n) is 19.6. The maximum atomic E-state index is 12.4. The van der Waals surface area contributed by atoms with Crippen molar-refractivity contribution in [2.75, 3.05) is 11.9 Å². The van der Waals surface area contributed by atoms with Crippen molar-refractivity contribution < 1.29 is 24.2 Å². The predicted molar refractivity (Wildman–Crippen MR) is 131 cm³/mol. The maximum Gasteiger partial charge on any atom is 0.411 e. The number of carboxylic acids is 1. The number of carboxylic acid groups (broad SMARTS) is 1. The summed E-state index contributed by atoms with van der Waals surface area (Å²) in [6.07, 6.45) is 0.671. The van der Waals surface area contributed by atoms with Crippen LogP contribution in [0, 0.1) is 0 Å². The number of anilines is 1. The van der Waals surface area contributed by atoms with E-state index in [1.807, 2.05) is 24.3 Å². The molecule has 2 aromatic carbocycles. The third kappa shape index (κ3) is 5.84. The summed E-state index contributed by atoms with van der Waals surface area (Å²) >= 11 is 0. The highest BCUT2D eigenvalue weighted by Crippen LogP contribution is 2.44. The Hall–Kier alpha value is -4.20. The third-order valence-corrected chi connectivity index (χ3v) is 5.83. The first kappa shape index (κ1) is 23.9. The average Bonchev–Trinajstić information content (AvgIpc) is 3.11. The van der Waals surface area contributed by atoms with Crippen molar-refractivity contribution in [3.8, 4) is 11.1 Å². The van der Waals surface area contributed by atoms with Crippen molar-refractivity contribution >= 4 is 23.7 Å². The molecule has 1 aliphatic rings. The second-order valence-electron chi connectivity index (χ2n) is 9.17. The van der Waals surface area contributed by atoms with E-state index in [4.69, 9.17) is 9.84 Å². The van der Waals surface area contributed by atoms with Crippen LogP contribution in [0.4, 0.5) is 10.5 Å². The molecule has 35 heavy (non-hydrogen) atoms. The molecule has 2 amide bonds. The van der Waals surface area contributed by atoms with Gasteiger partial charge in [0, 0.05) is 17.2 Å². The third-order valence-electron chi connectivity index (χ3n) is 5.83. The zero-order chi connectivity index (χ0) is 25.0. The fraction of sp³-hybridized carbons (Fsp3) is 0.259. The summed E-state index contributed by atoms with van der Waals surface area (Å²) in [6.45, 7) is 3.50. The molecule has 0 saturated heterocycles. The van der Waals surface area contributed by atoms with E-state index in [9.17, 15) is 14.4 Å². The van der Waals surface area contributed by atoms with Crippen molar-refractivity contribution in [2.45, 2.75) is 38.1 Å². The lowest BCUT2D eigenvalue weighted by Crippen LogP contribution is -2.45. The van der Waals surface area contributed by atoms with Crippen LogP contribution < -0.4 is 10.6 Å². The first-order valence-electron chi connectivity index (χ1n) is 11.3. The Labute approximate surface area is 203 Å². The van der Waals surface area contributed by atoms with Crippen molar-refractivity contribution in [3.05, 3.63) is 83.7 Å². The van der Waals surface area contributed by atoms with E-state index >= 15 is 0 Å². The lowest BCUT2D eigenvalue weighted by Gasteiger charge is -2.24. The highest BCUT2D eigenvalue weighted by atomic mass is 16.5. The van der Waals surface area contributed by atoms with Gasteiger partial charge in [-0.05, 0) is 48.2 Å². The summed E-state index contributed by atoms with van der Waals surface area (Å²) in [5.74, 6) is -1.35. The molecule has 1 aliphatic carbocycles. The summed E-state index contributed by atoms with van der Waals surface area (Å²) in [6, 6.07) is 19.5. The topological polar surface area (TPSA) is 118 Å². The van der Waals surface area contributed by atoms with Crippen LogP contribution in [0.3, 0.4) is 0 Å². The molecule has 8 nitrogen and oxygen atoms in total. The molecule has 180 valence electrons. The fourth-order valence-electron chi connectivity index (χ4n) is 4.36. The van der Waals surface area contributed by atoms with E-state index in [0.29, 0.717) is 11.4 Å². The molecule has 1 aromatic heterocycles. The lowest BCUT2D eigenvalue weighted by atomic mass is 9.98. The lowest BCUT2D eigenvalue weighted by molar-refractivity contribution is -0.138. The van der Waals surface area contributed by atoms with Gasteiger partial charge in [-0.25, -0.2) is 4.79 Å². The Morgan fingerprint density at radius 1 is 0.971 bits per heavy atom. The van der Waals surface area contributed by atoms with Gasteiger partial charge in [0.2, 0.25) is 5.91 Å². The van der Waals surface area contributed by atoms with Gasteiger partial charge >= 0.3 is 12.1 Å². The number of carbonyl (C=O) groups is 3. The van der Waals surface area contributed by atoms with Gasteiger partial charge in [0.05, 0.1) is 24.7 Å². The Kier molecular flexibility index (Phi) is 6.82. The summed E-state index contributed by atoms with van der Waals surface area (Å²) in [5, 5.41) is 14.3. The van der Waals surface area contributed by atoms with Crippen LogP contribution in [0.5, 0.6) is 0 Å². The molecule has 4 rings (SSSR count). The first-order chi connectivity index (χ1) is 16.7. The van der Waals surface area contributed by atoms with E-state index in [1.165, 1.54) is 6.20 Å². The van der Waals surface area contributed by atoms with E-state index in [0.717, 1.165) is 22.3 Å². The van der Waals surface area contributed by atoms with Gasteiger partial charge in [0.25, 0.3) is 0 Å². The number of hydrogen-bond donors (Lipinski definition) is 3. The SMILES string of the molecule is CC(C)(CC(=O)O)NC(=O)Cc1ccc(NC(=O)OCC2c3ccccc3-c3ccccc32)cn1. The quantitative estimate of drug-likeness (QED) is 0.448. The Morgan fingerprint density at radius 3 is 2.17 bits per heavy atom. The summed E-state index contributed by atoms with van der Waals surface area (Å²) in [4.78, 5) is 39.8. The van der Waals surface area contributed by atoms with Crippen LogP contribution in [0.25, 0.3) is 11.1 Å². The van der Waals surface area contributed by atoms with Gasteiger partial charge in [-0.15, -0.1) is 0 Å². The highest BCUT2D eigenvalue weighted by Gasteiger charge is 2.29. The molecule has 8 heteroatoms. The van der Waals surface area contributed by atoms with Crippen molar-refractivity contribution in [3.63, 3.8) is 0 Å². The van der Waals surface area contributed by atoms with E-state index in [1.54, 1.807) is 26.0 Å². The Balaban J connectivity index is 1.31. The highest BCUT2D eigenvalue weighted by molar-refractivity contribution is 5.85. The second kappa shape index (κ2) is 9.97. The molecule has 0 spiro atoms. The van der Waals surface area contributed by atoms with Gasteiger partial charge in [-0.2, -0.15) is 0 Å². The number of pyridine rings is 1. The van der Waals surface area contributed by atoms with Gasteiger partial charge in [0.1, 0.15) is 6.61 Å². The minimum Gasteiger partial charge on any atom is -0.481 e. The number of hydrogen-bond acceptors (Lipinski definition) is 5. The van der Waals surface area contributed by atoms with Crippen molar-refractivity contribution in [1.29, 1.82) is 0 Å². The van der Waals surface area contributed by atoms with Crippen molar-refractivity contribution in [2.24, 2.45) is 0 Å². The zero-order valence-corrected chi connectivity index (χ0v) is 19.6. The number of carbonyl (C=O) groups excluding carboxylic acids is 2. The molecule has 3 N–H and O–H groups in total. The monoisotopic (exact) mass is 473 g/mol. The molecule has 0 saturated carbocycles. The van der Waals surface area contributed by atoms with E-state index in [-0.39, 0.29) is 31.3 Å². The number of fused-ring (bicyclic) bond motifs is 3. The molecule has 0 fully saturated rings. The Bertz CT molecular complexity index is 1210. The fourth-order valence-corrected chi connectivity index (χ4v) is 4.36. The molecule has 0 radical (unpaired) electrons. The smallest absolute Gasteiger partial charge is 0.411 e. The summed E-state index contributed by atoms with van der Waals surface area (Å²) < 4.78 is 5.54. The van der Waals surface area contributed by atoms with Crippen LogP contribution in [-0.4, -0.2) is 40.2 Å². The molecular weight excluding hydrogens is 446 g/mol. The largest absolute Gasteiger partial charge is 0.481 e. The predicted octanol–water partition coefficient (Wildman–Crippen LogP) is 4.35. The number of nitrogens with one attached hydrogen (secondary N) is 2. The summed E-state index contributed by atoms with van der Waals surface area (Å²) in [5.41, 5.74) is 4.66. The molecule has 0 aliphatic heterocycles. The number of nitrogens with zero attached hydrogens (tertiary/aromatic N) is 1. The van der Waals surface area contributed by atoms with Crippen LogP contribution >= 0.6 is 0 Å². The number of aromatic nitrogens is 1. The molecule has 3 aromatic rings. The van der Waals surface area contributed by atoms with E-state index < -0.39 is 17.6 Å².